The molecule has 1 heterocycles. The number of amides is 1. The van der Waals surface area contributed by atoms with Crippen LogP contribution in [-0.4, -0.2) is 32.1 Å². The highest BCUT2D eigenvalue weighted by molar-refractivity contribution is 7.92. The molecule has 0 bridgehead atoms. The number of nitrogens with zero attached hydrogens (tertiary/aromatic N) is 2. The zero-order valence-corrected chi connectivity index (χ0v) is 20.7. The predicted molar refractivity (Wildman–Crippen MR) is 135 cm³/mol. The molecule has 0 aliphatic carbocycles. The number of aromatic nitrogens is 1. The minimum atomic E-state index is -3.83. The Labute approximate surface area is 206 Å². The number of rotatable bonds is 8. The first-order chi connectivity index (χ1) is 16.4. The van der Waals surface area contributed by atoms with E-state index in [-0.39, 0.29) is 16.1 Å². The van der Waals surface area contributed by atoms with Crippen LogP contribution in [0.2, 0.25) is 5.02 Å². The third kappa shape index (κ3) is 5.56. The molecule has 0 fully saturated rings. The van der Waals surface area contributed by atoms with Gasteiger partial charge < -0.3 is 9.30 Å². The number of hydrogen-bond acceptors (Lipinski definition) is 5. The maximum atomic E-state index is 13.0. The van der Waals surface area contributed by atoms with Crippen molar-refractivity contribution in [2.45, 2.75) is 18.4 Å². The fourth-order valence-electron chi connectivity index (χ4n) is 3.32. The van der Waals surface area contributed by atoms with E-state index in [0.717, 1.165) is 10.2 Å². The number of carbonyl (C=O) groups is 1. The summed E-state index contributed by atoms with van der Waals surface area (Å²) < 4.78 is 36.3. The molecule has 10 heteroatoms. The van der Waals surface area contributed by atoms with Crippen molar-refractivity contribution in [2.24, 2.45) is 4.99 Å². The molecule has 176 valence electrons. The minimum Gasteiger partial charge on any atom is -0.380 e. The second-order valence-electron chi connectivity index (χ2n) is 7.26. The molecule has 0 spiro atoms. The van der Waals surface area contributed by atoms with E-state index in [0.29, 0.717) is 29.6 Å². The van der Waals surface area contributed by atoms with Gasteiger partial charge in [-0.1, -0.05) is 41.1 Å². The maximum Gasteiger partial charge on any atom is 0.279 e. The van der Waals surface area contributed by atoms with Gasteiger partial charge in [-0.15, -0.1) is 0 Å². The average molecular weight is 516 g/mol. The molecule has 34 heavy (non-hydrogen) atoms. The van der Waals surface area contributed by atoms with Crippen molar-refractivity contribution in [3.63, 3.8) is 0 Å². The SMILES string of the molecule is CCOCCn1c(=NC(=O)c2cccc(NS(=O)(=O)c3ccc(Cl)cc3)c2)sc2ccccc21. The Morgan fingerprint density at radius 1 is 1.09 bits per heavy atom. The molecule has 1 aromatic heterocycles. The number of para-hydroxylation sites is 1. The monoisotopic (exact) mass is 515 g/mol. The van der Waals surface area contributed by atoms with Crippen LogP contribution < -0.4 is 9.52 Å². The molecule has 1 amide bonds. The molecular formula is C24H22ClN3O4S2. The highest BCUT2D eigenvalue weighted by Gasteiger charge is 2.15. The summed E-state index contributed by atoms with van der Waals surface area (Å²) in [6, 6.07) is 19.9. The molecule has 3 aromatic carbocycles. The van der Waals surface area contributed by atoms with Crippen LogP contribution in [-0.2, 0) is 21.3 Å². The Morgan fingerprint density at radius 3 is 2.62 bits per heavy atom. The molecule has 4 rings (SSSR count). The van der Waals surface area contributed by atoms with Crippen molar-refractivity contribution in [1.29, 1.82) is 0 Å². The Balaban J connectivity index is 1.63. The van der Waals surface area contributed by atoms with Crippen molar-refractivity contribution < 1.29 is 17.9 Å². The number of fused-ring (bicyclic) bond motifs is 1. The lowest BCUT2D eigenvalue weighted by Crippen LogP contribution is -2.19. The first-order valence-corrected chi connectivity index (χ1v) is 13.2. The fourth-order valence-corrected chi connectivity index (χ4v) is 5.55. The number of benzene rings is 3. The van der Waals surface area contributed by atoms with E-state index >= 15 is 0 Å². The zero-order chi connectivity index (χ0) is 24.1. The Hall–Kier alpha value is -2.98. The lowest BCUT2D eigenvalue weighted by Gasteiger charge is -2.09. The quantitative estimate of drug-likeness (QED) is 0.337. The maximum absolute atomic E-state index is 13.0. The van der Waals surface area contributed by atoms with E-state index in [4.69, 9.17) is 16.3 Å². The number of anilines is 1. The third-order valence-electron chi connectivity index (χ3n) is 4.93. The Kier molecular flexibility index (Phi) is 7.47. The Morgan fingerprint density at radius 2 is 1.85 bits per heavy atom. The molecule has 0 unspecified atom stereocenters. The highest BCUT2D eigenvalue weighted by atomic mass is 35.5. The lowest BCUT2D eigenvalue weighted by atomic mass is 10.2. The number of nitrogens with one attached hydrogen (secondary N) is 1. The van der Waals surface area contributed by atoms with Crippen LogP contribution in [0.25, 0.3) is 10.2 Å². The molecule has 0 saturated carbocycles. The van der Waals surface area contributed by atoms with Crippen molar-refractivity contribution in [1.82, 2.24) is 4.57 Å². The summed E-state index contributed by atoms with van der Waals surface area (Å²) in [5.74, 6) is -0.468. The largest absolute Gasteiger partial charge is 0.380 e. The number of ether oxygens (including phenoxy) is 1. The summed E-state index contributed by atoms with van der Waals surface area (Å²) in [6.45, 7) is 3.59. The van der Waals surface area contributed by atoms with Gasteiger partial charge in [0.05, 0.1) is 21.7 Å². The standard InChI is InChI=1S/C24H22ClN3O4S2/c1-2-32-15-14-28-21-8-3-4-9-22(21)33-24(28)26-23(29)17-6-5-7-19(16-17)27-34(30,31)20-12-10-18(25)11-13-20/h3-13,16,27H,2,14-15H2,1H3. The second kappa shape index (κ2) is 10.5. The van der Waals surface area contributed by atoms with Gasteiger partial charge in [0.25, 0.3) is 15.9 Å². The first kappa shape index (κ1) is 24.2. The number of carbonyl (C=O) groups excluding carboxylic acids is 1. The van der Waals surface area contributed by atoms with Crippen molar-refractivity contribution in [3.8, 4) is 0 Å². The molecule has 1 N–H and O–H groups in total. The zero-order valence-electron chi connectivity index (χ0n) is 18.3. The molecule has 0 saturated heterocycles. The van der Waals surface area contributed by atoms with E-state index in [1.165, 1.54) is 41.7 Å². The van der Waals surface area contributed by atoms with E-state index in [1.54, 1.807) is 18.2 Å². The highest BCUT2D eigenvalue weighted by Crippen LogP contribution is 2.20. The second-order valence-corrected chi connectivity index (χ2v) is 10.4. The van der Waals surface area contributed by atoms with Crippen LogP contribution in [0, 0.1) is 0 Å². The van der Waals surface area contributed by atoms with E-state index in [2.05, 4.69) is 9.71 Å². The van der Waals surface area contributed by atoms with Gasteiger partial charge in [-0.3, -0.25) is 9.52 Å². The van der Waals surface area contributed by atoms with E-state index < -0.39 is 15.9 Å². The van der Waals surface area contributed by atoms with Gasteiger partial charge in [-0.25, -0.2) is 8.42 Å². The van der Waals surface area contributed by atoms with Gasteiger partial charge in [0.1, 0.15) is 0 Å². The van der Waals surface area contributed by atoms with E-state index in [9.17, 15) is 13.2 Å². The number of hydrogen-bond donors (Lipinski definition) is 1. The summed E-state index contributed by atoms with van der Waals surface area (Å²) in [5.41, 5.74) is 1.50. The van der Waals surface area contributed by atoms with Gasteiger partial charge in [0.15, 0.2) is 4.80 Å². The van der Waals surface area contributed by atoms with Crippen LogP contribution in [0.4, 0.5) is 5.69 Å². The molecule has 0 radical (unpaired) electrons. The van der Waals surface area contributed by atoms with Gasteiger partial charge in [0, 0.05) is 29.4 Å². The van der Waals surface area contributed by atoms with Crippen LogP contribution in [0.5, 0.6) is 0 Å². The first-order valence-electron chi connectivity index (χ1n) is 10.5. The predicted octanol–water partition coefficient (Wildman–Crippen LogP) is 4.93. The molecular weight excluding hydrogens is 494 g/mol. The van der Waals surface area contributed by atoms with Crippen LogP contribution in [0.1, 0.15) is 17.3 Å². The van der Waals surface area contributed by atoms with Crippen molar-refractivity contribution in [3.05, 3.63) is 88.2 Å². The van der Waals surface area contributed by atoms with Gasteiger partial charge in [-0.05, 0) is 61.5 Å². The average Bonchev–Trinajstić information content (AvgIpc) is 3.16. The molecule has 0 aliphatic heterocycles. The number of thiazole rings is 1. The van der Waals surface area contributed by atoms with Crippen molar-refractivity contribution in [2.75, 3.05) is 17.9 Å². The van der Waals surface area contributed by atoms with Gasteiger partial charge in [0.2, 0.25) is 0 Å². The van der Waals surface area contributed by atoms with E-state index in [1.807, 2.05) is 35.8 Å². The molecule has 0 atom stereocenters. The van der Waals surface area contributed by atoms with Crippen LogP contribution in [0.15, 0.2) is 82.7 Å². The summed E-state index contributed by atoms with van der Waals surface area (Å²) in [6.07, 6.45) is 0. The molecule has 0 aliphatic rings. The molecule has 7 nitrogen and oxygen atoms in total. The normalized spacial score (nSPS) is 12.2. The summed E-state index contributed by atoms with van der Waals surface area (Å²) in [5, 5.41) is 0.438. The topological polar surface area (TPSA) is 89.8 Å². The molecule has 4 aromatic rings. The summed E-state index contributed by atoms with van der Waals surface area (Å²) >= 11 is 7.26. The van der Waals surface area contributed by atoms with Crippen molar-refractivity contribution >= 4 is 54.8 Å². The number of sulfonamides is 1. The minimum absolute atomic E-state index is 0.0685. The summed E-state index contributed by atoms with van der Waals surface area (Å²) in [4.78, 5) is 18.0. The van der Waals surface area contributed by atoms with Crippen LogP contribution >= 0.6 is 22.9 Å². The van der Waals surface area contributed by atoms with Crippen LogP contribution in [0.3, 0.4) is 0 Å². The smallest absolute Gasteiger partial charge is 0.279 e. The van der Waals surface area contributed by atoms with Gasteiger partial charge in [-0.2, -0.15) is 4.99 Å². The lowest BCUT2D eigenvalue weighted by molar-refractivity contribution is 0.0996. The third-order valence-corrected chi connectivity index (χ3v) is 7.64. The fraction of sp³-hybridized carbons (Fsp3) is 0.167. The summed E-state index contributed by atoms with van der Waals surface area (Å²) in [7, 11) is -3.83. The Bertz CT molecular complexity index is 1490. The van der Waals surface area contributed by atoms with Gasteiger partial charge >= 0.3 is 0 Å². The number of halogens is 1.